The first-order valence-corrected chi connectivity index (χ1v) is 9.46. The van der Waals surface area contributed by atoms with Crippen molar-refractivity contribution in [2.75, 3.05) is 18.2 Å². The SMILES string of the molecule is COc1cccc(C(=O)Nc2cccc([C@@H](C)Oc3cc(Cl)cnc3N)c2)c1Cl. The van der Waals surface area contributed by atoms with Crippen molar-refractivity contribution in [2.24, 2.45) is 0 Å². The predicted molar refractivity (Wildman–Crippen MR) is 115 cm³/mol. The number of ether oxygens (including phenoxy) is 2. The smallest absolute Gasteiger partial charge is 0.257 e. The van der Waals surface area contributed by atoms with Crippen molar-refractivity contribution < 1.29 is 14.3 Å². The molecule has 3 N–H and O–H groups in total. The van der Waals surface area contributed by atoms with E-state index in [1.54, 1.807) is 30.3 Å². The van der Waals surface area contributed by atoms with Crippen molar-refractivity contribution in [3.63, 3.8) is 0 Å². The van der Waals surface area contributed by atoms with Crippen molar-refractivity contribution in [3.8, 4) is 11.5 Å². The van der Waals surface area contributed by atoms with Gasteiger partial charge >= 0.3 is 0 Å². The highest BCUT2D eigenvalue weighted by Crippen LogP contribution is 2.30. The molecule has 1 heterocycles. The molecule has 0 unspecified atom stereocenters. The van der Waals surface area contributed by atoms with E-state index in [1.165, 1.54) is 13.3 Å². The third-order valence-corrected chi connectivity index (χ3v) is 4.79. The van der Waals surface area contributed by atoms with Gasteiger partial charge in [-0.25, -0.2) is 4.98 Å². The van der Waals surface area contributed by atoms with Crippen LogP contribution in [0.4, 0.5) is 11.5 Å². The van der Waals surface area contributed by atoms with Crippen LogP contribution in [0.25, 0.3) is 0 Å². The average molecular weight is 432 g/mol. The highest BCUT2D eigenvalue weighted by molar-refractivity contribution is 6.35. The van der Waals surface area contributed by atoms with E-state index in [0.29, 0.717) is 27.8 Å². The summed E-state index contributed by atoms with van der Waals surface area (Å²) >= 11 is 12.2. The summed E-state index contributed by atoms with van der Waals surface area (Å²) in [4.78, 5) is 16.6. The van der Waals surface area contributed by atoms with Crippen LogP contribution in [-0.4, -0.2) is 18.0 Å². The predicted octanol–water partition coefficient (Wildman–Crippen LogP) is 5.37. The summed E-state index contributed by atoms with van der Waals surface area (Å²) < 4.78 is 11.0. The zero-order chi connectivity index (χ0) is 21.0. The number of carbonyl (C=O) groups is 1. The first-order valence-electron chi connectivity index (χ1n) is 8.70. The number of anilines is 2. The summed E-state index contributed by atoms with van der Waals surface area (Å²) in [6.07, 6.45) is 1.10. The van der Waals surface area contributed by atoms with Gasteiger partial charge in [-0.2, -0.15) is 0 Å². The average Bonchev–Trinajstić information content (AvgIpc) is 2.71. The molecule has 8 heteroatoms. The molecule has 0 spiro atoms. The number of halogens is 2. The first kappa shape index (κ1) is 20.8. The van der Waals surface area contributed by atoms with Crippen molar-refractivity contribution in [1.82, 2.24) is 4.98 Å². The molecule has 0 aliphatic carbocycles. The summed E-state index contributed by atoms with van der Waals surface area (Å²) in [6, 6.07) is 13.9. The second-order valence-corrected chi connectivity index (χ2v) is 7.01. The Balaban J connectivity index is 1.77. The molecule has 0 bridgehead atoms. The molecule has 3 rings (SSSR count). The second-order valence-electron chi connectivity index (χ2n) is 6.20. The molecule has 6 nitrogen and oxygen atoms in total. The van der Waals surface area contributed by atoms with Crippen molar-refractivity contribution in [2.45, 2.75) is 13.0 Å². The quantitative estimate of drug-likeness (QED) is 0.547. The minimum absolute atomic E-state index is 0.248. The summed E-state index contributed by atoms with van der Waals surface area (Å²) in [7, 11) is 1.50. The summed E-state index contributed by atoms with van der Waals surface area (Å²) in [5, 5.41) is 3.52. The number of hydrogen-bond acceptors (Lipinski definition) is 5. The minimum Gasteiger partial charge on any atom is -0.495 e. The van der Waals surface area contributed by atoms with Gasteiger partial charge in [0.05, 0.1) is 22.7 Å². The van der Waals surface area contributed by atoms with E-state index >= 15 is 0 Å². The molecular formula is C21H19Cl2N3O3. The fourth-order valence-electron chi connectivity index (χ4n) is 2.70. The molecule has 150 valence electrons. The van der Waals surface area contributed by atoms with Crippen LogP contribution in [0.5, 0.6) is 11.5 Å². The monoisotopic (exact) mass is 431 g/mol. The maximum atomic E-state index is 12.6. The standard InChI is InChI=1S/C21H19Cl2N3O3/c1-12(29-18-10-14(22)11-25-20(18)24)13-5-3-6-15(9-13)26-21(27)16-7-4-8-17(28-2)19(16)23/h3-12H,1-2H3,(H2,24,25)(H,26,27)/t12-/m1/s1. The molecule has 1 amide bonds. The minimum atomic E-state index is -0.352. The Morgan fingerprint density at radius 2 is 1.90 bits per heavy atom. The molecule has 0 aliphatic heterocycles. The zero-order valence-corrected chi connectivity index (χ0v) is 17.3. The zero-order valence-electron chi connectivity index (χ0n) is 15.8. The van der Waals surface area contributed by atoms with Gasteiger partial charge in [-0.05, 0) is 36.8 Å². The number of aromatic nitrogens is 1. The molecule has 1 atom stereocenters. The highest BCUT2D eigenvalue weighted by Gasteiger charge is 2.16. The number of pyridine rings is 1. The molecule has 1 aromatic heterocycles. The molecular weight excluding hydrogens is 413 g/mol. The number of amides is 1. The van der Waals surface area contributed by atoms with E-state index in [9.17, 15) is 4.79 Å². The fourth-order valence-corrected chi connectivity index (χ4v) is 3.13. The molecule has 0 saturated carbocycles. The largest absolute Gasteiger partial charge is 0.495 e. The number of hydrogen-bond donors (Lipinski definition) is 2. The van der Waals surface area contributed by atoms with Crippen molar-refractivity contribution in [1.29, 1.82) is 0 Å². The Morgan fingerprint density at radius 1 is 1.14 bits per heavy atom. The Hall–Kier alpha value is -2.96. The van der Waals surface area contributed by atoms with Gasteiger partial charge in [0.2, 0.25) is 0 Å². The van der Waals surface area contributed by atoms with Gasteiger partial charge in [-0.3, -0.25) is 4.79 Å². The van der Waals surface area contributed by atoms with Gasteiger partial charge in [-0.1, -0.05) is 41.4 Å². The summed E-state index contributed by atoms with van der Waals surface area (Å²) in [5.74, 6) is 0.728. The van der Waals surface area contributed by atoms with Crippen LogP contribution in [-0.2, 0) is 0 Å². The Morgan fingerprint density at radius 3 is 2.66 bits per heavy atom. The molecule has 3 aromatic rings. The topological polar surface area (TPSA) is 86.5 Å². The first-order chi connectivity index (χ1) is 13.9. The second kappa shape index (κ2) is 9.03. The van der Waals surface area contributed by atoms with Crippen LogP contribution >= 0.6 is 23.2 Å². The van der Waals surface area contributed by atoms with Crippen molar-refractivity contribution in [3.05, 3.63) is 75.9 Å². The maximum Gasteiger partial charge on any atom is 0.257 e. The van der Waals surface area contributed by atoms with Crippen LogP contribution in [0.3, 0.4) is 0 Å². The van der Waals surface area contributed by atoms with E-state index in [4.69, 9.17) is 38.4 Å². The van der Waals surface area contributed by atoms with Gasteiger partial charge in [-0.15, -0.1) is 0 Å². The Labute approximate surface area is 178 Å². The van der Waals surface area contributed by atoms with E-state index in [1.807, 2.05) is 25.1 Å². The number of nitrogens with two attached hydrogens (primary N) is 1. The van der Waals surface area contributed by atoms with Crippen molar-refractivity contribution >= 4 is 40.6 Å². The number of nitrogen functional groups attached to an aromatic ring is 1. The van der Waals surface area contributed by atoms with Crippen LogP contribution in [0.1, 0.15) is 28.9 Å². The van der Waals surface area contributed by atoms with Gasteiger partial charge in [0.25, 0.3) is 5.91 Å². The Bertz CT molecular complexity index is 1040. The lowest BCUT2D eigenvalue weighted by Gasteiger charge is -2.17. The normalized spacial score (nSPS) is 11.6. The highest BCUT2D eigenvalue weighted by atomic mass is 35.5. The number of benzene rings is 2. The summed E-state index contributed by atoms with van der Waals surface area (Å²) in [5.41, 5.74) is 7.59. The lowest BCUT2D eigenvalue weighted by atomic mass is 10.1. The van der Waals surface area contributed by atoms with Gasteiger partial charge in [0, 0.05) is 18.0 Å². The van der Waals surface area contributed by atoms with Crippen LogP contribution in [0.2, 0.25) is 10.0 Å². The van der Waals surface area contributed by atoms with E-state index in [-0.39, 0.29) is 22.9 Å². The lowest BCUT2D eigenvalue weighted by molar-refractivity contribution is 0.102. The molecule has 29 heavy (non-hydrogen) atoms. The van der Waals surface area contributed by atoms with E-state index in [0.717, 1.165) is 5.56 Å². The van der Waals surface area contributed by atoms with Gasteiger partial charge in [0.15, 0.2) is 11.6 Å². The molecule has 0 radical (unpaired) electrons. The molecule has 0 aliphatic rings. The fraction of sp³-hybridized carbons (Fsp3) is 0.143. The number of nitrogens with zero attached hydrogens (tertiary/aromatic N) is 1. The van der Waals surface area contributed by atoms with E-state index < -0.39 is 0 Å². The number of rotatable bonds is 6. The van der Waals surface area contributed by atoms with Crippen LogP contribution in [0, 0.1) is 0 Å². The Kier molecular flexibility index (Phi) is 6.46. The lowest BCUT2D eigenvalue weighted by Crippen LogP contribution is -2.13. The maximum absolute atomic E-state index is 12.6. The van der Waals surface area contributed by atoms with Gasteiger partial charge < -0.3 is 20.5 Å². The number of nitrogens with one attached hydrogen (secondary N) is 1. The molecule has 0 saturated heterocycles. The third-order valence-electron chi connectivity index (χ3n) is 4.19. The molecule has 2 aromatic carbocycles. The number of carbonyl (C=O) groups excluding carboxylic acids is 1. The van der Waals surface area contributed by atoms with E-state index in [2.05, 4.69) is 10.3 Å². The summed E-state index contributed by atoms with van der Waals surface area (Å²) in [6.45, 7) is 1.86. The number of methoxy groups -OCH3 is 1. The van der Waals surface area contributed by atoms with Gasteiger partial charge in [0.1, 0.15) is 11.9 Å². The van der Waals surface area contributed by atoms with Crippen LogP contribution < -0.4 is 20.5 Å². The third kappa shape index (κ3) is 4.91. The molecule has 0 fully saturated rings. The van der Waals surface area contributed by atoms with Crippen LogP contribution in [0.15, 0.2) is 54.7 Å².